The third-order valence-corrected chi connectivity index (χ3v) is 1.81. The Bertz CT molecular complexity index is 265. The Morgan fingerprint density at radius 3 is 2.44 bits per heavy atom. The summed E-state index contributed by atoms with van der Waals surface area (Å²) in [5.41, 5.74) is 0. The van der Waals surface area contributed by atoms with Gasteiger partial charge in [-0.1, -0.05) is 0 Å². The van der Waals surface area contributed by atoms with Gasteiger partial charge in [0.1, 0.15) is 0 Å². The molecule has 5 N–H and O–H groups in total. The van der Waals surface area contributed by atoms with Crippen molar-refractivity contribution in [3.63, 3.8) is 0 Å². The number of nitrogens with one attached hydrogen (secondary N) is 4. The van der Waals surface area contributed by atoms with Gasteiger partial charge in [0.05, 0.1) is 0 Å². The van der Waals surface area contributed by atoms with E-state index in [-0.39, 0.29) is 18.3 Å². The van der Waals surface area contributed by atoms with E-state index in [1.807, 2.05) is 0 Å². The fourth-order valence-electron chi connectivity index (χ4n) is 0.889. The molecule has 7 heteroatoms. The van der Waals surface area contributed by atoms with E-state index in [9.17, 15) is 4.79 Å². The Balaban J connectivity index is 3.51. The summed E-state index contributed by atoms with van der Waals surface area (Å²) in [6.07, 6.45) is 1.42. The van der Waals surface area contributed by atoms with Crippen molar-refractivity contribution in [3.8, 4) is 0 Å². The first-order valence-corrected chi connectivity index (χ1v) is 5.00. The van der Waals surface area contributed by atoms with E-state index in [0.29, 0.717) is 19.4 Å². The van der Waals surface area contributed by atoms with Gasteiger partial charge in [-0.3, -0.25) is 20.9 Å². The van der Waals surface area contributed by atoms with E-state index in [1.54, 1.807) is 19.0 Å². The first-order chi connectivity index (χ1) is 7.43. The molecule has 0 aliphatic rings. The number of guanidine groups is 2. The molecule has 0 fully saturated rings. The lowest BCUT2D eigenvalue weighted by Gasteiger charge is -2.16. The van der Waals surface area contributed by atoms with E-state index in [0.717, 1.165) is 0 Å². The van der Waals surface area contributed by atoms with Gasteiger partial charge < -0.3 is 15.3 Å². The van der Waals surface area contributed by atoms with Crippen LogP contribution in [0.25, 0.3) is 0 Å². The van der Waals surface area contributed by atoms with Crippen LogP contribution in [0.1, 0.15) is 19.3 Å². The highest BCUT2D eigenvalue weighted by Crippen LogP contribution is 1.92. The Hall–Kier alpha value is -1.79. The van der Waals surface area contributed by atoms with Gasteiger partial charge in [0, 0.05) is 27.1 Å². The molecule has 0 heterocycles. The summed E-state index contributed by atoms with van der Waals surface area (Å²) in [6, 6.07) is 0. The highest BCUT2D eigenvalue weighted by molar-refractivity contribution is 5.95. The summed E-state index contributed by atoms with van der Waals surface area (Å²) in [6.45, 7) is 0.528. The molecule has 0 atom stereocenters. The molecule has 0 rings (SSSR count). The van der Waals surface area contributed by atoms with Crippen LogP contribution in [0.4, 0.5) is 0 Å². The summed E-state index contributed by atoms with van der Waals surface area (Å²) in [7, 11) is 3.41. The van der Waals surface area contributed by atoms with Crippen molar-refractivity contribution in [3.05, 3.63) is 0 Å². The average molecular weight is 229 g/mol. The Morgan fingerprint density at radius 1 is 1.31 bits per heavy atom. The van der Waals surface area contributed by atoms with Crippen LogP contribution >= 0.6 is 0 Å². The summed E-state index contributed by atoms with van der Waals surface area (Å²) >= 11 is 0. The van der Waals surface area contributed by atoms with Crippen LogP contribution in [-0.2, 0) is 4.79 Å². The minimum Gasteiger partial charge on any atom is -0.481 e. The summed E-state index contributed by atoms with van der Waals surface area (Å²) < 4.78 is 0. The molecular formula is C9H19N5O2. The summed E-state index contributed by atoms with van der Waals surface area (Å²) in [5.74, 6) is -0.625. The number of aliphatic carboxylic acids is 1. The number of hydrogen-bond acceptors (Lipinski definition) is 3. The second-order valence-electron chi connectivity index (χ2n) is 3.52. The van der Waals surface area contributed by atoms with Crippen LogP contribution in [-0.4, -0.2) is 48.5 Å². The van der Waals surface area contributed by atoms with Crippen LogP contribution in [0.5, 0.6) is 0 Å². The number of nitrogens with zero attached hydrogens (tertiary/aromatic N) is 1. The highest BCUT2D eigenvalue weighted by Gasteiger charge is 2.01. The number of hydrogen-bond donors (Lipinski definition) is 5. The van der Waals surface area contributed by atoms with Gasteiger partial charge in [0.2, 0.25) is 0 Å². The van der Waals surface area contributed by atoms with Crippen molar-refractivity contribution in [1.29, 1.82) is 10.8 Å². The molecule has 0 aliphatic heterocycles. The predicted octanol–water partition coefficient (Wildman–Crippen LogP) is -0.148. The molecule has 0 bridgehead atoms. The van der Waals surface area contributed by atoms with Gasteiger partial charge in [-0.2, -0.15) is 0 Å². The molecule has 0 unspecified atom stereocenters. The van der Waals surface area contributed by atoms with Crippen LogP contribution in [0, 0.1) is 10.8 Å². The smallest absolute Gasteiger partial charge is 0.303 e. The predicted molar refractivity (Wildman–Crippen MR) is 61.8 cm³/mol. The molecule has 0 spiro atoms. The zero-order valence-corrected chi connectivity index (χ0v) is 9.63. The maximum Gasteiger partial charge on any atom is 0.303 e. The molecule has 92 valence electrons. The molecule has 7 nitrogen and oxygen atoms in total. The number of unbranched alkanes of at least 4 members (excludes halogenated alkanes) is 1. The molecule has 0 aromatic rings. The van der Waals surface area contributed by atoms with Gasteiger partial charge in [-0.25, -0.2) is 0 Å². The molecule has 0 amide bonds. The maximum atomic E-state index is 10.2. The third kappa shape index (κ3) is 7.60. The lowest BCUT2D eigenvalue weighted by atomic mass is 10.2. The zero-order valence-electron chi connectivity index (χ0n) is 9.63. The normalized spacial score (nSPS) is 9.38. The van der Waals surface area contributed by atoms with E-state index >= 15 is 0 Å². The van der Waals surface area contributed by atoms with Gasteiger partial charge in [0.15, 0.2) is 11.9 Å². The monoisotopic (exact) mass is 229 g/mol. The number of carboxylic acid groups (broad SMARTS) is 1. The quantitative estimate of drug-likeness (QED) is 0.256. The molecule has 0 radical (unpaired) electrons. The molecule has 0 aromatic heterocycles. The van der Waals surface area contributed by atoms with Crippen LogP contribution in [0.2, 0.25) is 0 Å². The summed E-state index contributed by atoms with van der Waals surface area (Å²) in [5, 5.41) is 28.5. The van der Waals surface area contributed by atoms with Gasteiger partial charge in [-0.15, -0.1) is 0 Å². The molecule has 0 aromatic carbocycles. The standard InChI is InChI=1S/C9H19N5O2/c1-14(2)9(11)13-8(10)12-6-4-3-5-7(15)16/h3-6H2,1-2H3,(H,15,16)(H4,10,11,12,13). The van der Waals surface area contributed by atoms with Crippen LogP contribution in [0.3, 0.4) is 0 Å². The average Bonchev–Trinajstić information content (AvgIpc) is 2.16. The zero-order chi connectivity index (χ0) is 12.6. The van der Waals surface area contributed by atoms with Crippen LogP contribution < -0.4 is 10.6 Å². The highest BCUT2D eigenvalue weighted by atomic mass is 16.4. The lowest BCUT2D eigenvalue weighted by molar-refractivity contribution is -0.137. The second kappa shape index (κ2) is 7.49. The molecule has 0 aliphatic carbocycles. The van der Waals surface area contributed by atoms with E-state index < -0.39 is 5.97 Å². The van der Waals surface area contributed by atoms with E-state index in [2.05, 4.69) is 10.6 Å². The van der Waals surface area contributed by atoms with Crippen molar-refractivity contribution in [1.82, 2.24) is 15.5 Å². The number of carboxylic acids is 1. The van der Waals surface area contributed by atoms with E-state index in [1.165, 1.54) is 0 Å². The van der Waals surface area contributed by atoms with Crippen molar-refractivity contribution in [2.45, 2.75) is 19.3 Å². The minimum absolute atomic E-state index is 0.0500. The minimum atomic E-state index is -0.803. The topological polar surface area (TPSA) is 112 Å². The molecular weight excluding hydrogens is 210 g/mol. The largest absolute Gasteiger partial charge is 0.481 e. The second-order valence-corrected chi connectivity index (χ2v) is 3.52. The fraction of sp³-hybridized carbons (Fsp3) is 0.667. The Kier molecular flexibility index (Phi) is 6.66. The maximum absolute atomic E-state index is 10.2. The van der Waals surface area contributed by atoms with Crippen molar-refractivity contribution < 1.29 is 9.90 Å². The Labute approximate surface area is 94.8 Å². The Morgan fingerprint density at radius 2 is 1.94 bits per heavy atom. The summed E-state index contributed by atoms with van der Waals surface area (Å²) in [4.78, 5) is 11.8. The van der Waals surface area contributed by atoms with Gasteiger partial charge in [-0.05, 0) is 12.8 Å². The van der Waals surface area contributed by atoms with Crippen molar-refractivity contribution in [2.75, 3.05) is 20.6 Å². The molecule has 0 saturated carbocycles. The lowest BCUT2D eigenvalue weighted by Crippen LogP contribution is -2.45. The van der Waals surface area contributed by atoms with Crippen LogP contribution in [0.15, 0.2) is 0 Å². The first-order valence-electron chi connectivity index (χ1n) is 5.00. The van der Waals surface area contributed by atoms with Gasteiger partial charge >= 0.3 is 5.97 Å². The van der Waals surface area contributed by atoms with Gasteiger partial charge in [0.25, 0.3) is 0 Å². The molecule has 0 saturated heterocycles. The number of carbonyl (C=O) groups is 1. The first kappa shape index (κ1) is 14.2. The van der Waals surface area contributed by atoms with Crippen molar-refractivity contribution in [2.24, 2.45) is 0 Å². The fourth-order valence-corrected chi connectivity index (χ4v) is 0.889. The van der Waals surface area contributed by atoms with Crippen molar-refractivity contribution >= 4 is 17.9 Å². The van der Waals surface area contributed by atoms with E-state index in [4.69, 9.17) is 15.9 Å². The molecule has 16 heavy (non-hydrogen) atoms. The SMILES string of the molecule is CN(C)C(=N)NC(=N)NCCCCC(=O)O. The number of rotatable bonds is 5. The third-order valence-electron chi connectivity index (χ3n) is 1.81.